The third-order valence-electron chi connectivity index (χ3n) is 0. The van der Waals surface area contributed by atoms with Crippen LogP contribution in [0.2, 0.25) is 0 Å². The molecule has 0 heterocycles. The van der Waals surface area contributed by atoms with Crippen LogP contribution < -0.4 is 5.73 Å². The molecule has 0 saturated heterocycles. The van der Waals surface area contributed by atoms with Crippen molar-refractivity contribution in [1.29, 1.82) is 5.41 Å². The minimum Gasteiger partial charge on any atom is -0.388 e. The van der Waals surface area contributed by atoms with Gasteiger partial charge >= 0.3 is 0 Å². The van der Waals surface area contributed by atoms with E-state index in [4.69, 9.17) is 11.1 Å². The van der Waals surface area contributed by atoms with Crippen molar-refractivity contribution in [3.8, 4) is 0 Å². The summed E-state index contributed by atoms with van der Waals surface area (Å²) < 4.78 is 0. The zero-order valence-electron chi connectivity index (χ0n) is 2.88. The number of rotatable bonds is 0. The molecule has 35 valence electrons. The largest absolute Gasteiger partial charge is 0.388 e. The molecule has 0 saturated carbocycles. The van der Waals surface area contributed by atoms with Crippen molar-refractivity contribution in [3.05, 3.63) is 0 Å². The van der Waals surface area contributed by atoms with Crippen LogP contribution in [0, 0.1) is 5.41 Å². The number of hydrogen-bond donors (Lipinski definition) is 2. The first-order chi connectivity index (χ1) is 1.73. The normalized spacial score (nSPS) is 5.00. The Morgan fingerprint density at radius 3 is 1.80 bits per heavy atom. The van der Waals surface area contributed by atoms with Crippen LogP contribution in [-0.2, 0) is 22.4 Å². The van der Waals surface area contributed by atoms with Crippen LogP contribution in [0.15, 0.2) is 0 Å². The fourth-order valence-electron chi connectivity index (χ4n) is 0. The second-order valence-electron chi connectivity index (χ2n) is 0.683. The zero-order chi connectivity index (χ0) is 3.58. The van der Waals surface area contributed by atoms with Gasteiger partial charge in [-0.2, -0.15) is 0 Å². The van der Waals surface area contributed by atoms with Crippen molar-refractivity contribution in [1.82, 2.24) is 0 Å². The predicted molar refractivity (Wildman–Crippen MR) is 17.6 cm³/mol. The molecule has 0 aliphatic carbocycles. The van der Waals surface area contributed by atoms with Crippen molar-refractivity contribution in [2.24, 2.45) is 5.73 Å². The molecule has 3 N–H and O–H groups in total. The molecule has 0 amide bonds. The van der Waals surface area contributed by atoms with E-state index in [-0.39, 0.29) is 28.2 Å². The van der Waals surface area contributed by atoms with Crippen molar-refractivity contribution in [3.63, 3.8) is 0 Å². The van der Waals surface area contributed by atoms with Gasteiger partial charge in [-0.05, 0) is 6.92 Å². The topological polar surface area (TPSA) is 49.9 Å². The fourth-order valence-corrected chi connectivity index (χ4v) is 0. The van der Waals surface area contributed by atoms with Crippen LogP contribution >= 0.6 is 0 Å². The van der Waals surface area contributed by atoms with Gasteiger partial charge in [-0.3, -0.25) is 5.41 Å². The van der Waals surface area contributed by atoms with Crippen LogP contribution in [0.5, 0.6) is 0 Å². The Labute approximate surface area is 46.8 Å². The van der Waals surface area contributed by atoms with E-state index in [2.05, 4.69) is 0 Å². The monoisotopic (exact) mass is 165 g/mol. The molecule has 3 heteroatoms. The van der Waals surface area contributed by atoms with E-state index in [0.717, 1.165) is 0 Å². The van der Waals surface area contributed by atoms with E-state index >= 15 is 0 Å². The number of hydrogen-bond acceptors (Lipinski definition) is 1. The van der Waals surface area contributed by atoms with E-state index in [1.807, 2.05) is 0 Å². The molecule has 5 heavy (non-hydrogen) atoms. The van der Waals surface area contributed by atoms with Crippen LogP contribution in [-0.4, -0.2) is 5.84 Å². The van der Waals surface area contributed by atoms with Crippen molar-refractivity contribution < 1.29 is 22.4 Å². The summed E-state index contributed by atoms with van der Waals surface area (Å²) in [5.74, 6) is 0.167. The molecular weight excluding hydrogens is 160 g/mol. The molecule has 1 radical (unpaired) electrons. The minimum atomic E-state index is 0. The van der Waals surface area contributed by atoms with E-state index in [9.17, 15) is 0 Å². The summed E-state index contributed by atoms with van der Waals surface area (Å²) in [6, 6.07) is 0. The molecule has 0 atom stereocenters. The van der Waals surface area contributed by atoms with Crippen molar-refractivity contribution in [2.75, 3.05) is 0 Å². The van der Waals surface area contributed by atoms with E-state index < -0.39 is 0 Å². The average molecular weight is 166 g/mol. The van der Waals surface area contributed by atoms with Crippen molar-refractivity contribution in [2.45, 2.75) is 6.92 Å². The average Bonchev–Trinajstić information content (AvgIpc) is 0.811. The van der Waals surface area contributed by atoms with E-state index in [0.29, 0.717) is 0 Å². The Kier molecular flexibility index (Phi) is 7.55. The molecule has 0 aromatic carbocycles. The van der Waals surface area contributed by atoms with Gasteiger partial charge in [-0.1, -0.05) is 0 Å². The number of nitrogens with one attached hydrogen (secondary N) is 1. The summed E-state index contributed by atoms with van der Waals surface area (Å²) in [6.45, 7) is 1.53. The quantitative estimate of drug-likeness (QED) is 0.295. The van der Waals surface area contributed by atoms with Crippen molar-refractivity contribution >= 4 is 5.84 Å². The molecule has 0 rings (SSSR count). The van der Waals surface area contributed by atoms with Gasteiger partial charge in [0.1, 0.15) is 0 Å². The van der Waals surface area contributed by atoms with Gasteiger partial charge in [0, 0.05) is 22.4 Å². The van der Waals surface area contributed by atoms with Gasteiger partial charge in [0.15, 0.2) is 0 Å². The van der Waals surface area contributed by atoms with Crippen LogP contribution in [0.4, 0.5) is 0 Å². The maximum Gasteiger partial charge on any atom is 0.0873 e. The standard InChI is InChI=1S/C2H6N2.Ag/c1-2(3)4;/h1H3,(H3,3,4);. The molecule has 0 bridgehead atoms. The fraction of sp³-hybridized carbons (Fsp3) is 0.500. The molecule has 0 spiro atoms. The van der Waals surface area contributed by atoms with Crippen LogP contribution in [0.1, 0.15) is 6.92 Å². The Bertz CT molecular complexity index is 30.6. The Hall–Kier alpha value is 0.210. The van der Waals surface area contributed by atoms with Crippen LogP contribution in [0.3, 0.4) is 0 Å². The van der Waals surface area contributed by atoms with E-state index in [1.165, 1.54) is 6.92 Å². The number of nitrogens with two attached hydrogens (primary N) is 1. The Morgan fingerprint density at radius 1 is 1.80 bits per heavy atom. The maximum atomic E-state index is 6.28. The van der Waals surface area contributed by atoms with Gasteiger partial charge in [0.25, 0.3) is 0 Å². The van der Waals surface area contributed by atoms with Gasteiger partial charge in [-0.25, -0.2) is 0 Å². The maximum absolute atomic E-state index is 6.28. The van der Waals surface area contributed by atoms with Gasteiger partial charge in [0.05, 0.1) is 5.84 Å². The predicted octanol–water partition coefficient (Wildman–Crippen LogP) is -0.0602. The molecule has 0 unspecified atom stereocenters. The Balaban J connectivity index is 0. The van der Waals surface area contributed by atoms with Gasteiger partial charge < -0.3 is 5.73 Å². The molecule has 0 fully saturated rings. The van der Waals surface area contributed by atoms with Gasteiger partial charge in [0.2, 0.25) is 0 Å². The van der Waals surface area contributed by atoms with Crippen LogP contribution in [0.25, 0.3) is 0 Å². The summed E-state index contributed by atoms with van der Waals surface area (Å²) in [5.41, 5.74) is 4.69. The first kappa shape index (κ1) is 8.96. The summed E-state index contributed by atoms with van der Waals surface area (Å²) in [5, 5.41) is 6.28. The third kappa shape index (κ3) is 465. The summed E-state index contributed by atoms with van der Waals surface area (Å²) in [4.78, 5) is 0. The molecule has 0 aromatic heterocycles. The minimum absolute atomic E-state index is 0. The zero-order valence-corrected chi connectivity index (χ0v) is 4.36. The second-order valence-corrected chi connectivity index (χ2v) is 0.683. The molecular formula is C2H6AgN2. The second kappa shape index (κ2) is 4.21. The number of amidine groups is 1. The SMILES string of the molecule is CC(=N)N.[Ag]. The smallest absolute Gasteiger partial charge is 0.0873 e. The summed E-state index contributed by atoms with van der Waals surface area (Å²) >= 11 is 0. The summed E-state index contributed by atoms with van der Waals surface area (Å²) in [6.07, 6.45) is 0. The van der Waals surface area contributed by atoms with E-state index in [1.54, 1.807) is 0 Å². The summed E-state index contributed by atoms with van der Waals surface area (Å²) in [7, 11) is 0. The molecule has 0 aliphatic rings. The first-order valence-corrected chi connectivity index (χ1v) is 1.04. The molecule has 0 aliphatic heterocycles. The van der Waals surface area contributed by atoms with Gasteiger partial charge in [-0.15, -0.1) is 0 Å². The molecule has 2 nitrogen and oxygen atoms in total. The first-order valence-electron chi connectivity index (χ1n) is 1.04. The Morgan fingerprint density at radius 2 is 1.80 bits per heavy atom. The molecule has 0 aromatic rings. The third-order valence-corrected chi connectivity index (χ3v) is 0.